The molecule has 3 rings (SSSR count). The van der Waals surface area contributed by atoms with E-state index in [2.05, 4.69) is 5.32 Å². The summed E-state index contributed by atoms with van der Waals surface area (Å²) < 4.78 is 5.54. The van der Waals surface area contributed by atoms with Gasteiger partial charge in [-0.2, -0.15) is 0 Å². The maximum atomic E-state index is 12.7. The van der Waals surface area contributed by atoms with Gasteiger partial charge in [0.05, 0.1) is 6.04 Å². The normalized spacial score (nSPS) is 27.1. The summed E-state index contributed by atoms with van der Waals surface area (Å²) in [5.41, 5.74) is 0.974. The van der Waals surface area contributed by atoms with Gasteiger partial charge in [-0.25, -0.2) is 4.79 Å². The van der Waals surface area contributed by atoms with Gasteiger partial charge in [-0.1, -0.05) is 37.3 Å². The van der Waals surface area contributed by atoms with Crippen LogP contribution in [0, 0.1) is 0 Å². The number of nitrogens with zero attached hydrogens (tertiary/aromatic N) is 1. The van der Waals surface area contributed by atoms with Crippen LogP contribution in [-0.4, -0.2) is 35.0 Å². The molecule has 2 heterocycles. The van der Waals surface area contributed by atoms with Gasteiger partial charge < -0.3 is 10.1 Å². The average molecular weight is 316 g/mol. The predicted octanol–water partition coefficient (Wildman–Crippen LogP) is 2.84. The van der Waals surface area contributed by atoms with Gasteiger partial charge in [-0.05, 0) is 31.2 Å². The number of nitrogens with one attached hydrogen (secondary N) is 1. The highest BCUT2D eigenvalue weighted by atomic mass is 16.6. The number of piperidine rings is 1. The van der Waals surface area contributed by atoms with E-state index in [1.165, 1.54) is 0 Å². The molecular formula is C18H24N2O3. The fourth-order valence-electron chi connectivity index (χ4n) is 3.74. The van der Waals surface area contributed by atoms with Crippen molar-refractivity contribution in [1.29, 1.82) is 0 Å². The molecule has 0 saturated carbocycles. The van der Waals surface area contributed by atoms with E-state index in [-0.39, 0.29) is 36.7 Å². The Morgan fingerprint density at radius 3 is 2.83 bits per heavy atom. The first-order valence-electron chi connectivity index (χ1n) is 8.47. The van der Waals surface area contributed by atoms with Crippen LogP contribution in [0.4, 0.5) is 4.79 Å². The van der Waals surface area contributed by atoms with Crippen LogP contribution >= 0.6 is 0 Å². The monoisotopic (exact) mass is 316 g/mol. The lowest BCUT2D eigenvalue weighted by Crippen LogP contribution is -2.55. The van der Waals surface area contributed by atoms with E-state index in [1.54, 1.807) is 0 Å². The maximum Gasteiger partial charge on any atom is 0.410 e. The van der Waals surface area contributed by atoms with Crippen molar-refractivity contribution in [2.24, 2.45) is 0 Å². The molecule has 0 unspecified atom stereocenters. The molecule has 0 spiro atoms. The molecule has 124 valence electrons. The van der Waals surface area contributed by atoms with Crippen molar-refractivity contribution in [2.75, 3.05) is 0 Å². The Morgan fingerprint density at radius 1 is 1.30 bits per heavy atom. The Kier molecular flexibility index (Phi) is 4.84. The van der Waals surface area contributed by atoms with Crippen molar-refractivity contribution in [3.8, 4) is 0 Å². The fourth-order valence-corrected chi connectivity index (χ4v) is 3.74. The third-order valence-electron chi connectivity index (χ3n) is 4.88. The maximum absolute atomic E-state index is 12.7. The quantitative estimate of drug-likeness (QED) is 0.933. The summed E-state index contributed by atoms with van der Waals surface area (Å²) in [6.07, 6.45) is 3.78. The Balaban J connectivity index is 1.73. The molecule has 0 radical (unpaired) electrons. The minimum Gasteiger partial charge on any atom is -0.445 e. The average Bonchev–Trinajstić information content (AvgIpc) is 2.65. The topological polar surface area (TPSA) is 58.6 Å². The number of carbonyl (C=O) groups excluding carboxylic acids is 2. The van der Waals surface area contributed by atoms with E-state index >= 15 is 0 Å². The van der Waals surface area contributed by atoms with Crippen LogP contribution in [0.5, 0.6) is 0 Å². The number of hydrogen-bond donors (Lipinski definition) is 1. The van der Waals surface area contributed by atoms with Crippen molar-refractivity contribution in [3.05, 3.63) is 35.9 Å². The number of rotatable bonds is 3. The molecule has 1 aromatic rings. The minimum absolute atomic E-state index is 0.0251. The van der Waals surface area contributed by atoms with Gasteiger partial charge in [0, 0.05) is 18.5 Å². The third kappa shape index (κ3) is 3.49. The van der Waals surface area contributed by atoms with Crippen LogP contribution in [0.25, 0.3) is 0 Å². The van der Waals surface area contributed by atoms with Gasteiger partial charge >= 0.3 is 6.09 Å². The number of benzene rings is 1. The molecule has 2 saturated heterocycles. The van der Waals surface area contributed by atoms with E-state index in [4.69, 9.17) is 4.74 Å². The van der Waals surface area contributed by atoms with Gasteiger partial charge in [-0.3, -0.25) is 9.69 Å². The first-order chi connectivity index (χ1) is 11.2. The van der Waals surface area contributed by atoms with Gasteiger partial charge in [0.15, 0.2) is 0 Å². The molecule has 1 N–H and O–H groups in total. The summed E-state index contributed by atoms with van der Waals surface area (Å²) in [6.45, 7) is 2.32. The summed E-state index contributed by atoms with van der Waals surface area (Å²) in [5, 5.41) is 3.07. The molecule has 3 atom stereocenters. The molecule has 1 aromatic carbocycles. The van der Waals surface area contributed by atoms with Crippen molar-refractivity contribution in [2.45, 2.75) is 63.8 Å². The van der Waals surface area contributed by atoms with Crippen molar-refractivity contribution < 1.29 is 14.3 Å². The summed E-state index contributed by atoms with van der Waals surface area (Å²) >= 11 is 0. The number of fused-ring (bicyclic) bond motifs is 2. The number of hydrogen-bond acceptors (Lipinski definition) is 3. The largest absolute Gasteiger partial charge is 0.445 e. The first-order valence-corrected chi connectivity index (χ1v) is 8.47. The second-order valence-corrected chi connectivity index (χ2v) is 6.39. The fraction of sp³-hybridized carbons (Fsp3) is 0.556. The summed E-state index contributed by atoms with van der Waals surface area (Å²) in [6, 6.07) is 9.72. The highest BCUT2D eigenvalue weighted by Gasteiger charge is 2.42. The zero-order valence-electron chi connectivity index (χ0n) is 13.5. The summed E-state index contributed by atoms with van der Waals surface area (Å²) in [4.78, 5) is 26.6. The first kappa shape index (κ1) is 15.8. The molecule has 23 heavy (non-hydrogen) atoms. The van der Waals surface area contributed by atoms with Crippen LogP contribution in [0.3, 0.4) is 0 Å². The second kappa shape index (κ2) is 7.02. The number of carbonyl (C=O) groups is 2. The Morgan fingerprint density at radius 2 is 2.09 bits per heavy atom. The molecule has 0 aliphatic carbocycles. The molecule has 2 amide bonds. The SMILES string of the molecule is CC[C@@H]1NC(=O)C[C@H]2CCC[C@@H]1N2C(=O)OCc1ccccc1. The lowest BCUT2D eigenvalue weighted by molar-refractivity contribution is -0.121. The van der Waals surface area contributed by atoms with Crippen LogP contribution in [0.2, 0.25) is 0 Å². The molecule has 2 aliphatic rings. The highest BCUT2D eigenvalue weighted by molar-refractivity contribution is 5.79. The lowest BCUT2D eigenvalue weighted by atomic mass is 9.91. The van der Waals surface area contributed by atoms with Crippen LogP contribution in [0.15, 0.2) is 30.3 Å². The van der Waals surface area contributed by atoms with Gasteiger partial charge in [-0.15, -0.1) is 0 Å². The molecule has 2 aliphatic heterocycles. The van der Waals surface area contributed by atoms with Crippen LogP contribution in [0.1, 0.15) is 44.6 Å². The Bertz CT molecular complexity index is 561. The molecule has 0 aromatic heterocycles. The smallest absolute Gasteiger partial charge is 0.410 e. The molecular weight excluding hydrogens is 292 g/mol. The van der Waals surface area contributed by atoms with Crippen LogP contribution in [-0.2, 0) is 16.1 Å². The highest BCUT2D eigenvalue weighted by Crippen LogP contribution is 2.31. The predicted molar refractivity (Wildman–Crippen MR) is 86.7 cm³/mol. The van der Waals surface area contributed by atoms with Gasteiger partial charge in [0.2, 0.25) is 5.91 Å². The van der Waals surface area contributed by atoms with E-state index in [1.807, 2.05) is 42.2 Å². The van der Waals surface area contributed by atoms with E-state index in [0.717, 1.165) is 31.2 Å². The summed E-state index contributed by atoms with van der Waals surface area (Å²) in [5.74, 6) is 0.0482. The molecule has 5 nitrogen and oxygen atoms in total. The number of ether oxygens (including phenoxy) is 1. The van der Waals surface area contributed by atoms with Crippen molar-refractivity contribution in [3.63, 3.8) is 0 Å². The lowest BCUT2D eigenvalue weighted by Gasteiger charge is -2.41. The van der Waals surface area contributed by atoms with Crippen LogP contribution < -0.4 is 5.32 Å². The molecule has 5 heteroatoms. The zero-order valence-corrected chi connectivity index (χ0v) is 13.5. The van der Waals surface area contributed by atoms with E-state index in [0.29, 0.717) is 6.42 Å². The Labute approximate surface area is 137 Å². The van der Waals surface area contributed by atoms with Gasteiger partial charge in [0.25, 0.3) is 0 Å². The molecule has 2 bridgehead atoms. The summed E-state index contributed by atoms with van der Waals surface area (Å²) in [7, 11) is 0. The molecule has 2 fully saturated rings. The minimum atomic E-state index is -0.293. The van der Waals surface area contributed by atoms with E-state index in [9.17, 15) is 9.59 Å². The van der Waals surface area contributed by atoms with Crippen molar-refractivity contribution >= 4 is 12.0 Å². The Hall–Kier alpha value is -2.04. The van der Waals surface area contributed by atoms with E-state index < -0.39 is 0 Å². The van der Waals surface area contributed by atoms with Gasteiger partial charge in [0.1, 0.15) is 6.61 Å². The standard InChI is InChI=1S/C18H24N2O3/c1-2-15-16-10-6-9-14(11-17(21)19-15)20(16)18(22)23-12-13-7-4-3-5-8-13/h3-5,7-8,14-16H,2,6,9-12H2,1H3,(H,19,21)/t14-,15+,16+/m1/s1. The number of amides is 2. The zero-order chi connectivity index (χ0) is 16.2. The second-order valence-electron chi connectivity index (χ2n) is 6.39. The van der Waals surface area contributed by atoms with Crippen molar-refractivity contribution in [1.82, 2.24) is 10.2 Å². The third-order valence-corrected chi connectivity index (χ3v) is 4.88.